The zero-order chi connectivity index (χ0) is 15.5. The Hall–Kier alpha value is -2.12. The topological polar surface area (TPSA) is 85.4 Å². The van der Waals surface area contributed by atoms with Crippen molar-refractivity contribution in [2.45, 2.75) is 4.90 Å². The highest BCUT2D eigenvalue weighted by molar-refractivity contribution is 7.92. The van der Waals surface area contributed by atoms with Gasteiger partial charge in [0.1, 0.15) is 10.0 Å². The fourth-order valence-corrected chi connectivity index (χ4v) is 3.09. The third kappa shape index (κ3) is 3.50. The van der Waals surface area contributed by atoms with E-state index >= 15 is 0 Å². The van der Waals surface area contributed by atoms with E-state index in [1.54, 1.807) is 0 Å². The molecule has 21 heavy (non-hydrogen) atoms. The third-order valence-electron chi connectivity index (χ3n) is 2.57. The summed E-state index contributed by atoms with van der Waals surface area (Å²) in [6.45, 7) is 0. The molecule has 1 aromatic carbocycles. The molecule has 1 aromatic heterocycles. The first-order valence-electron chi connectivity index (χ1n) is 5.76. The smallest absolute Gasteiger partial charge is 0.337 e. The molecular formula is C13H11ClN2O4S. The number of esters is 1. The summed E-state index contributed by atoms with van der Waals surface area (Å²) in [5, 5.41) is -0.115. The van der Waals surface area contributed by atoms with Crippen LogP contribution in [0, 0.1) is 0 Å². The number of rotatable bonds is 4. The van der Waals surface area contributed by atoms with Crippen molar-refractivity contribution >= 4 is 33.3 Å². The lowest BCUT2D eigenvalue weighted by molar-refractivity contribution is 0.0601. The van der Waals surface area contributed by atoms with E-state index in [1.165, 1.54) is 49.7 Å². The first kappa shape index (κ1) is 15.3. The number of carbonyl (C=O) groups excluding carboxylic acids is 1. The van der Waals surface area contributed by atoms with Crippen LogP contribution in [0.3, 0.4) is 0 Å². The summed E-state index contributed by atoms with van der Waals surface area (Å²) in [6, 6.07) is 8.63. The van der Waals surface area contributed by atoms with Crippen molar-refractivity contribution in [2.75, 3.05) is 11.8 Å². The highest BCUT2D eigenvalue weighted by Crippen LogP contribution is 2.21. The number of sulfonamides is 1. The van der Waals surface area contributed by atoms with Gasteiger partial charge < -0.3 is 4.74 Å². The van der Waals surface area contributed by atoms with Crippen LogP contribution in [0.15, 0.2) is 47.5 Å². The molecule has 0 aliphatic rings. The van der Waals surface area contributed by atoms with Crippen molar-refractivity contribution < 1.29 is 17.9 Å². The number of nitrogens with zero attached hydrogens (tertiary/aromatic N) is 1. The molecule has 0 amide bonds. The fourth-order valence-electron chi connectivity index (χ4n) is 1.57. The first-order valence-corrected chi connectivity index (χ1v) is 7.62. The van der Waals surface area contributed by atoms with Crippen LogP contribution in [0.1, 0.15) is 10.4 Å². The van der Waals surface area contributed by atoms with E-state index in [9.17, 15) is 13.2 Å². The van der Waals surface area contributed by atoms with Gasteiger partial charge in [-0.2, -0.15) is 0 Å². The summed E-state index contributed by atoms with van der Waals surface area (Å²) in [7, 11) is -2.58. The number of nitrogens with one attached hydrogen (secondary N) is 1. The highest BCUT2D eigenvalue weighted by Gasteiger charge is 2.18. The SMILES string of the molecule is COC(=O)c1ccc(NS(=O)(=O)c2cccnc2Cl)cc1. The molecule has 2 rings (SSSR count). The number of benzene rings is 1. The summed E-state index contributed by atoms with van der Waals surface area (Å²) in [4.78, 5) is 14.9. The second-order valence-electron chi connectivity index (χ2n) is 3.97. The van der Waals surface area contributed by atoms with E-state index in [0.29, 0.717) is 11.3 Å². The Kier molecular flexibility index (Phi) is 4.44. The molecule has 2 aromatic rings. The lowest BCUT2D eigenvalue weighted by atomic mass is 10.2. The molecule has 0 radical (unpaired) electrons. The average Bonchev–Trinajstić information content (AvgIpc) is 2.47. The second kappa shape index (κ2) is 6.11. The van der Waals surface area contributed by atoms with Crippen molar-refractivity contribution in [3.63, 3.8) is 0 Å². The van der Waals surface area contributed by atoms with Gasteiger partial charge in [0.25, 0.3) is 10.0 Å². The van der Waals surface area contributed by atoms with E-state index in [2.05, 4.69) is 14.4 Å². The molecule has 0 atom stereocenters. The van der Waals surface area contributed by atoms with Crippen LogP contribution in [0.25, 0.3) is 0 Å². The zero-order valence-corrected chi connectivity index (χ0v) is 12.5. The number of anilines is 1. The molecular weight excluding hydrogens is 316 g/mol. The maximum atomic E-state index is 12.2. The predicted molar refractivity (Wildman–Crippen MR) is 77.8 cm³/mol. The van der Waals surface area contributed by atoms with Crippen LogP contribution in [-0.2, 0) is 14.8 Å². The first-order chi connectivity index (χ1) is 9.94. The summed E-state index contributed by atoms with van der Waals surface area (Å²) in [6.07, 6.45) is 1.40. The Morgan fingerprint density at radius 1 is 1.24 bits per heavy atom. The maximum Gasteiger partial charge on any atom is 0.337 e. The van der Waals surface area contributed by atoms with E-state index in [1.807, 2.05) is 0 Å². The van der Waals surface area contributed by atoms with Crippen molar-refractivity contribution in [1.82, 2.24) is 4.98 Å². The normalized spacial score (nSPS) is 11.0. The van der Waals surface area contributed by atoms with Gasteiger partial charge in [0, 0.05) is 11.9 Å². The molecule has 8 heteroatoms. The van der Waals surface area contributed by atoms with Crippen LogP contribution in [0.2, 0.25) is 5.15 Å². The lowest BCUT2D eigenvalue weighted by Crippen LogP contribution is -2.14. The van der Waals surface area contributed by atoms with Gasteiger partial charge in [0.2, 0.25) is 0 Å². The number of halogens is 1. The minimum absolute atomic E-state index is 0.115. The Labute approximate surface area is 126 Å². The molecule has 0 saturated carbocycles. The zero-order valence-electron chi connectivity index (χ0n) is 10.9. The summed E-state index contributed by atoms with van der Waals surface area (Å²) in [5.74, 6) is -0.500. The lowest BCUT2D eigenvalue weighted by Gasteiger charge is -2.09. The minimum atomic E-state index is -3.84. The van der Waals surface area contributed by atoms with Gasteiger partial charge in [-0.05, 0) is 36.4 Å². The minimum Gasteiger partial charge on any atom is -0.465 e. The summed E-state index contributed by atoms with van der Waals surface area (Å²) < 4.78 is 31.3. The van der Waals surface area contributed by atoms with Gasteiger partial charge in [0.05, 0.1) is 12.7 Å². The predicted octanol–water partition coefficient (Wildman–Crippen LogP) is 2.32. The largest absolute Gasteiger partial charge is 0.465 e. The number of carbonyl (C=O) groups is 1. The van der Waals surface area contributed by atoms with Gasteiger partial charge in [-0.15, -0.1) is 0 Å². The Morgan fingerprint density at radius 3 is 2.48 bits per heavy atom. The third-order valence-corrected chi connectivity index (χ3v) is 4.40. The number of hydrogen-bond donors (Lipinski definition) is 1. The molecule has 0 aliphatic heterocycles. The molecule has 1 N–H and O–H groups in total. The van der Waals surface area contributed by atoms with Gasteiger partial charge in [-0.25, -0.2) is 18.2 Å². The van der Waals surface area contributed by atoms with E-state index in [-0.39, 0.29) is 10.0 Å². The number of pyridine rings is 1. The molecule has 110 valence electrons. The molecule has 1 heterocycles. The monoisotopic (exact) mass is 326 g/mol. The van der Waals surface area contributed by atoms with Gasteiger partial charge in [-0.1, -0.05) is 11.6 Å². The molecule has 6 nitrogen and oxygen atoms in total. The van der Waals surface area contributed by atoms with E-state index < -0.39 is 16.0 Å². The summed E-state index contributed by atoms with van der Waals surface area (Å²) >= 11 is 5.77. The van der Waals surface area contributed by atoms with Crippen molar-refractivity contribution in [1.29, 1.82) is 0 Å². The second-order valence-corrected chi connectivity index (χ2v) is 5.98. The molecule has 0 fully saturated rings. The quantitative estimate of drug-likeness (QED) is 0.688. The van der Waals surface area contributed by atoms with Crippen molar-refractivity contribution in [3.8, 4) is 0 Å². The molecule has 0 aliphatic carbocycles. The van der Waals surface area contributed by atoms with Gasteiger partial charge in [-0.3, -0.25) is 4.72 Å². The number of ether oxygens (including phenoxy) is 1. The van der Waals surface area contributed by atoms with Crippen LogP contribution < -0.4 is 4.72 Å². The van der Waals surface area contributed by atoms with Crippen molar-refractivity contribution in [3.05, 3.63) is 53.3 Å². The van der Waals surface area contributed by atoms with E-state index in [0.717, 1.165) is 0 Å². The number of aromatic nitrogens is 1. The summed E-state index contributed by atoms with van der Waals surface area (Å²) in [5.41, 5.74) is 0.613. The molecule has 0 spiro atoms. The Balaban J connectivity index is 2.25. The Morgan fingerprint density at radius 2 is 1.90 bits per heavy atom. The van der Waals surface area contributed by atoms with E-state index in [4.69, 9.17) is 11.6 Å². The van der Waals surface area contributed by atoms with Gasteiger partial charge in [0.15, 0.2) is 0 Å². The van der Waals surface area contributed by atoms with Crippen LogP contribution in [0.4, 0.5) is 5.69 Å². The maximum absolute atomic E-state index is 12.2. The molecule has 0 saturated heterocycles. The van der Waals surface area contributed by atoms with Crippen LogP contribution >= 0.6 is 11.6 Å². The number of hydrogen-bond acceptors (Lipinski definition) is 5. The van der Waals surface area contributed by atoms with Gasteiger partial charge >= 0.3 is 5.97 Å². The average molecular weight is 327 g/mol. The van der Waals surface area contributed by atoms with Crippen LogP contribution in [0.5, 0.6) is 0 Å². The Bertz CT molecular complexity index is 760. The fraction of sp³-hybridized carbons (Fsp3) is 0.0769. The van der Waals surface area contributed by atoms with Crippen LogP contribution in [-0.4, -0.2) is 26.5 Å². The highest BCUT2D eigenvalue weighted by atomic mass is 35.5. The standard InChI is InChI=1S/C13H11ClN2O4S/c1-20-13(17)9-4-6-10(7-5-9)16-21(18,19)11-3-2-8-15-12(11)14/h2-8,16H,1H3. The van der Waals surface area contributed by atoms with Crippen molar-refractivity contribution in [2.24, 2.45) is 0 Å². The molecule has 0 unspecified atom stereocenters. The molecule has 0 bridgehead atoms. The number of methoxy groups -OCH3 is 1.